The molecular weight excluding hydrogens is 473 g/mol. The van der Waals surface area contributed by atoms with Crippen LogP contribution in [0.1, 0.15) is 38.7 Å². The van der Waals surface area contributed by atoms with Crippen LogP contribution in [0.3, 0.4) is 0 Å². The molecular formula is C28H31F3O5. The van der Waals surface area contributed by atoms with Gasteiger partial charge < -0.3 is 18.6 Å². The number of furan rings is 1. The van der Waals surface area contributed by atoms with Gasteiger partial charge in [-0.1, -0.05) is 32.4 Å². The monoisotopic (exact) mass is 504 g/mol. The number of fused-ring (bicyclic) bond motifs is 1. The lowest BCUT2D eigenvalue weighted by molar-refractivity contribution is -0.240. The number of halogens is 3. The topological polar surface area (TPSA) is 57.9 Å². The van der Waals surface area contributed by atoms with Crippen LogP contribution in [0.2, 0.25) is 0 Å². The third-order valence-electron chi connectivity index (χ3n) is 6.03. The first kappa shape index (κ1) is 27.2. The number of methoxy groups -OCH3 is 1. The Labute approximate surface area is 208 Å². The van der Waals surface area contributed by atoms with E-state index >= 15 is 0 Å². The van der Waals surface area contributed by atoms with Gasteiger partial charge in [-0.2, -0.15) is 13.2 Å². The molecule has 2 aromatic carbocycles. The maximum atomic E-state index is 13.7. The molecule has 1 aromatic heterocycles. The molecule has 0 bridgehead atoms. The summed E-state index contributed by atoms with van der Waals surface area (Å²) in [6.07, 6.45) is 0.550. The number of hydrogen-bond donors (Lipinski definition) is 0. The summed E-state index contributed by atoms with van der Waals surface area (Å²) in [7, 11) is 1.60. The summed E-state index contributed by atoms with van der Waals surface area (Å²) in [6, 6.07) is 12.7. The van der Waals surface area contributed by atoms with Crippen LogP contribution in [0.25, 0.3) is 22.3 Å². The number of rotatable bonds is 12. The fourth-order valence-corrected chi connectivity index (χ4v) is 3.65. The van der Waals surface area contributed by atoms with E-state index in [1.54, 1.807) is 19.2 Å². The van der Waals surface area contributed by atoms with E-state index in [2.05, 4.69) is 18.2 Å². The van der Waals surface area contributed by atoms with Crippen molar-refractivity contribution >= 4 is 16.9 Å². The van der Waals surface area contributed by atoms with Gasteiger partial charge in [0, 0.05) is 17.5 Å². The molecule has 0 saturated carbocycles. The van der Waals surface area contributed by atoms with Crippen molar-refractivity contribution in [3.63, 3.8) is 0 Å². The summed E-state index contributed by atoms with van der Waals surface area (Å²) in [6.45, 7) is 4.67. The number of aryl methyl sites for hydroxylation is 1. The highest BCUT2D eigenvalue weighted by Crippen LogP contribution is 2.40. The Bertz CT molecular complexity index is 1200. The largest absolute Gasteiger partial charge is 0.496 e. The van der Waals surface area contributed by atoms with Crippen molar-refractivity contribution in [1.29, 1.82) is 0 Å². The molecule has 0 fully saturated rings. The molecule has 0 amide bonds. The summed E-state index contributed by atoms with van der Waals surface area (Å²) in [5, 5.41) is 0.768. The molecule has 194 valence electrons. The van der Waals surface area contributed by atoms with Crippen LogP contribution in [0.4, 0.5) is 13.2 Å². The highest BCUT2D eigenvalue weighted by molar-refractivity contribution is 5.85. The normalized spacial score (nSPS) is 13.3. The fraction of sp³-hybridized carbons (Fsp3) is 0.393. The maximum Gasteiger partial charge on any atom is 0.400 e. The molecule has 36 heavy (non-hydrogen) atoms. The molecule has 5 nitrogen and oxygen atoms in total. The molecule has 8 heteroatoms. The lowest BCUT2D eigenvalue weighted by atomic mass is 9.92. The smallest absolute Gasteiger partial charge is 0.400 e. The van der Waals surface area contributed by atoms with E-state index < -0.39 is 30.8 Å². The molecule has 3 rings (SSSR count). The average molecular weight is 505 g/mol. The second-order valence-electron chi connectivity index (χ2n) is 8.96. The first-order chi connectivity index (χ1) is 17.1. The minimum atomic E-state index is -4.66. The lowest BCUT2D eigenvalue weighted by Gasteiger charge is -2.31. The molecule has 0 saturated heterocycles. The summed E-state index contributed by atoms with van der Waals surface area (Å²) < 4.78 is 62.7. The van der Waals surface area contributed by atoms with Crippen LogP contribution >= 0.6 is 0 Å². The van der Waals surface area contributed by atoms with Gasteiger partial charge in [-0.15, -0.1) is 0 Å². The number of unbranched alkanes of at least 4 members (excludes halogenated alkanes) is 2. The maximum absolute atomic E-state index is 13.7. The van der Waals surface area contributed by atoms with Gasteiger partial charge in [0.1, 0.15) is 41.5 Å². The zero-order valence-electron chi connectivity index (χ0n) is 20.7. The third-order valence-corrected chi connectivity index (χ3v) is 6.03. The highest BCUT2D eigenvalue weighted by atomic mass is 19.4. The van der Waals surface area contributed by atoms with Gasteiger partial charge in [-0.25, -0.2) is 4.79 Å². The van der Waals surface area contributed by atoms with Crippen molar-refractivity contribution < 1.29 is 36.6 Å². The van der Waals surface area contributed by atoms with E-state index in [1.165, 1.54) is 18.1 Å². The van der Waals surface area contributed by atoms with Gasteiger partial charge in [0.15, 0.2) is 0 Å². The van der Waals surface area contributed by atoms with Crippen LogP contribution < -0.4 is 9.47 Å². The lowest BCUT2D eigenvalue weighted by Crippen LogP contribution is -2.44. The number of benzene rings is 2. The number of esters is 1. The Morgan fingerprint density at radius 2 is 1.86 bits per heavy atom. The van der Waals surface area contributed by atoms with Crippen molar-refractivity contribution in [2.45, 2.75) is 45.7 Å². The number of ether oxygens (including phenoxy) is 3. The fourth-order valence-electron chi connectivity index (χ4n) is 3.65. The molecule has 1 unspecified atom stereocenters. The van der Waals surface area contributed by atoms with Crippen molar-refractivity contribution in [2.24, 2.45) is 5.41 Å². The van der Waals surface area contributed by atoms with E-state index in [0.717, 1.165) is 43.2 Å². The summed E-state index contributed by atoms with van der Waals surface area (Å²) >= 11 is 0. The van der Waals surface area contributed by atoms with Crippen molar-refractivity contribution in [3.05, 3.63) is 60.7 Å². The number of carbonyl (C=O) groups excluding carboxylic acids is 1. The quantitative estimate of drug-likeness (QED) is 0.145. The second-order valence-corrected chi connectivity index (χ2v) is 8.96. The first-order valence-corrected chi connectivity index (χ1v) is 11.8. The molecule has 0 N–H and O–H groups in total. The van der Waals surface area contributed by atoms with Crippen LogP contribution in [-0.4, -0.2) is 32.5 Å². The van der Waals surface area contributed by atoms with Crippen LogP contribution in [0, 0.1) is 5.41 Å². The van der Waals surface area contributed by atoms with Gasteiger partial charge in [0.05, 0.1) is 12.7 Å². The molecule has 0 aliphatic rings. The minimum Gasteiger partial charge on any atom is -0.496 e. The SMILES string of the molecule is C=CC(=O)OCC(C)(COc1ccc2cc(-c3ccc(CCCCC)cc3OC)oc2c1)C(F)(F)F. The molecule has 3 aromatic rings. The summed E-state index contributed by atoms with van der Waals surface area (Å²) in [4.78, 5) is 11.3. The summed E-state index contributed by atoms with van der Waals surface area (Å²) in [5.74, 6) is 0.539. The average Bonchev–Trinajstić information content (AvgIpc) is 3.28. The Hall–Kier alpha value is -3.42. The van der Waals surface area contributed by atoms with E-state index in [-0.39, 0.29) is 5.75 Å². The van der Waals surface area contributed by atoms with Crippen LogP contribution in [-0.2, 0) is 16.0 Å². The number of carbonyl (C=O) groups is 1. The Kier molecular flexibility index (Phi) is 8.71. The predicted molar refractivity (Wildman–Crippen MR) is 132 cm³/mol. The van der Waals surface area contributed by atoms with Gasteiger partial charge in [-0.3, -0.25) is 0 Å². The van der Waals surface area contributed by atoms with Crippen molar-refractivity contribution in [2.75, 3.05) is 20.3 Å². The molecule has 0 aliphatic carbocycles. The Morgan fingerprint density at radius 1 is 1.08 bits per heavy atom. The second kappa shape index (κ2) is 11.5. The standard InChI is InChI=1S/C28H31F3O5/c1-5-7-8-9-19-10-13-22(24(14-19)33-4)25-15-20-11-12-21(16-23(20)36-25)34-17-27(3,28(29,30)31)18-35-26(32)6-2/h6,10-16H,2,5,7-9,17-18H2,1,3-4H3. The van der Waals surface area contributed by atoms with E-state index in [0.29, 0.717) is 17.1 Å². The number of hydrogen-bond acceptors (Lipinski definition) is 5. The van der Waals surface area contributed by atoms with Crippen molar-refractivity contribution in [3.8, 4) is 22.8 Å². The molecule has 0 spiro atoms. The highest BCUT2D eigenvalue weighted by Gasteiger charge is 2.53. The minimum absolute atomic E-state index is 0.201. The van der Waals surface area contributed by atoms with Crippen LogP contribution in [0.15, 0.2) is 59.5 Å². The van der Waals surface area contributed by atoms with E-state index in [1.807, 2.05) is 24.3 Å². The van der Waals surface area contributed by atoms with E-state index in [4.69, 9.17) is 13.9 Å². The van der Waals surface area contributed by atoms with E-state index in [9.17, 15) is 18.0 Å². The van der Waals surface area contributed by atoms with Gasteiger partial charge in [-0.05, 0) is 55.7 Å². The zero-order chi connectivity index (χ0) is 26.3. The van der Waals surface area contributed by atoms with Gasteiger partial charge in [0.25, 0.3) is 0 Å². The number of alkyl halides is 3. The summed E-state index contributed by atoms with van der Waals surface area (Å²) in [5.41, 5.74) is 0.0241. The molecule has 0 aliphatic heterocycles. The Balaban J connectivity index is 1.79. The molecule has 0 radical (unpaired) electrons. The van der Waals surface area contributed by atoms with Gasteiger partial charge in [0.2, 0.25) is 0 Å². The Morgan fingerprint density at radius 3 is 2.53 bits per heavy atom. The van der Waals surface area contributed by atoms with Crippen molar-refractivity contribution in [1.82, 2.24) is 0 Å². The predicted octanol–water partition coefficient (Wildman–Crippen LogP) is 7.52. The first-order valence-electron chi connectivity index (χ1n) is 11.8. The molecule has 1 heterocycles. The van der Waals surface area contributed by atoms with Crippen LogP contribution in [0.5, 0.6) is 11.5 Å². The zero-order valence-corrected chi connectivity index (χ0v) is 20.7. The third kappa shape index (κ3) is 6.42. The van der Waals surface area contributed by atoms with Gasteiger partial charge >= 0.3 is 12.1 Å². The molecule has 1 atom stereocenters.